The number of sulfonamides is 1. The highest BCUT2D eigenvalue weighted by Gasteiger charge is 2.26. The Kier molecular flexibility index (Phi) is 7.16. The largest absolute Gasteiger partial charge is 0.479 e. The van der Waals surface area contributed by atoms with Crippen molar-refractivity contribution in [2.75, 3.05) is 18.4 Å². The summed E-state index contributed by atoms with van der Waals surface area (Å²) in [6.07, 6.45) is 2.57. The molecule has 1 N–H and O–H groups in total. The van der Waals surface area contributed by atoms with Gasteiger partial charge in [-0.1, -0.05) is 37.1 Å². The first-order chi connectivity index (χ1) is 13.9. The minimum Gasteiger partial charge on any atom is -0.479 e. The fourth-order valence-electron chi connectivity index (χ4n) is 3.20. The highest BCUT2D eigenvalue weighted by molar-refractivity contribution is 7.89. The average Bonchev–Trinajstić information content (AvgIpc) is 2.74. The molecule has 0 saturated carbocycles. The van der Waals surface area contributed by atoms with Gasteiger partial charge < -0.3 is 10.1 Å². The molecule has 0 spiro atoms. The van der Waals surface area contributed by atoms with Crippen LogP contribution in [0, 0.1) is 0 Å². The summed E-state index contributed by atoms with van der Waals surface area (Å²) in [6, 6.07) is 13.2. The number of carbonyl (C=O) groups is 1. The predicted molar refractivity (Wildman–Crippen MR) is 114 cm³/mol. The van der Waals surface area contributed by atoms with E-state index in [0.29, 0.717) is 36.0 Å². The van der Waals surface area contributed by atoms with E-state index >= 15 is 0 Å². The third-order valence-electron chi connectivity index (χ3n) is 4.84. The zero-order valence-corrected chi connectivity index (χ0v) is 17.9. The number of ether oxygens (including phenoxy) is 1. The monoisotopic (exact) mass is 436 g/mol. The average molecular weight is 437 g/mol. The molecular formula is C21H25ClN2O4S. The Balaban J connectivity index is 1.66. The molecule has 1 atom stereocenters. The van der Waals surface area contributed by atoms with Crippen LogP contribution in [0.4, 0.5) is 5.69 Å². The van der Waals surface area contributed by atoms with Crippen molar-refractivity contribution in [1.82, 2.24) is 4.31 Å². The van der Waals surface area contributed by atoms with Crippen molar-refractivity contribution in [2.45, 2.75) is 43.6 Å². The van der Waals surface area contributed by atoms with Gasteiger partial charge in [-0.25, -0.2) is 8.42 Å². The maximum Gasteiger partial charge on any atom is 0.265 e. The van der Waals surface area contributed by atoms with E-state index in [1.807, 2.05) is 6.92 Å². The number of nitrogens with one attached hydrogen (secondary N) is 1. The number of para-hydroxylation sites is 1. The smallest absolute Gasteiger partial charge is 0.265 e. The molecule has 1 aliphatic rings. The first-order valence-electron chi connectivity index (χ1n) is 9.74. The molecule has 1 heterocycles. The summed E-state index contributed by atoms with van der Waals surface area (Å²) in [4.78, 5) is 12.8. The summed E-state index contributed by atoms with van der Waals surface area (Å²) in [6.45, 7) is 2.95. The lowest BCUT2D eigenvalue weighted by atomic mass is 10.2. The molecule has 29 heavy (non-hydrogen) atoms. The van der Waals surface area contributed by atoms with E-state index in [9.17, 15) is 13.2 Å². The Bertz CT molecular complexity index is 941. The molecule has 1 amide bonds. The Morgan fingerprint density at radius 2 is 1.76 bits per heavy atom. The number of halogens is 1. The van der Waals surface area contributed by atoms with Crippen molar-refractivity contribution in [3.8, 4) is 5.75 Å². The number of rotatable bonds is 7. The number of piperidine rings is 1. The fraction of sp³-hybridized carbons (Fsp3) is 0.381. The van der Waals surface area contributed by atoms with Crippen molar-refractivity contribution in [1.29, 1.82) is 0 Å². The van der Waals surface area contributed by atoms with E-state index < -0.39 is 16.1 Å². The maximum atomic E-state index is 12.7. The highest BCUT2D eigenvalue weighted by Crippen LogP contribution is 2.26. The molecule has 0 radical (unpaired) electrons. The first-order valence-corrected chi connectivity index (χ1v) is 11.6. The van der Waals surface area contributed by atoms with Gasteiger partial charge in [-0.05, 0) is 55.7 Å². The zero-order valence-electron chi connectivity index (χ0n) is 16.3. The molecular weight excluding hydrogens is 412 g/mol. The zero-order chi connectivity index (χ0) is 20.9. The number of amides is 1. The van der Waals surface area contributed by atoms with Crippen LogP contribution in [0.5, 0.6) is 5.75 Å². The third-order valence-corrected chi connectivity index (χ3v) is 7.07. The van der Waals surface area contributed by atoms with Crippen molar-refractivity contribution in [2.24, 2.45) is 0 Å². The lowest BCUT2D eigenvalue weighted by Gasteiger charge is -2.26. The number of anilines is 1. The highest BCUT2D eigenvalue weighted by atomic mass is 35.5. The standard InChI is InChI=1S/C21H25ClN2O4S/c1-2-19(28-20-9-5-4-8-18(20)22)21(25)23-16-10-12-17(13-11-16)29(26,27)24-14-6-3-7-15-24/h4-5,8-13,19H,2-3,6-7,14-15H2,1H3,(H,23,25)/t19-/m0/s1. The van der Waals surface area contributed by atoms with Crippen LogP contribution in [0.3, 0.4) is 0 Å². The molecule has 0 aliphatic carbocycles. The number of carbonyl (C=O) groups excluding carboxylic acids is 1. The number of hydrogen-bond donors (Lipinski definition) is 1. The fourth-order valence-corrected chi connectivity index (χ4v) is 4.90. The molecule has 8 heteroatoms. The van der Waals surface area contributed by atoms with Crippen molar-refractivity contribution >= 4 is 33.2 Å². The van der Waals surface area contributed by atoms with E-state index in [1.165, 1.54) is 16.4 Å². The lowest BCUT2D eigenvalue weighted by Crippen LogP contribution is -2.35. The second-order valence-electron chi connectivity index (χ2n) is 6.92. The van der Waals surface area contributed by atoms with Gasteiger partial charge >= 0.3 is 0 Å². The van der Waals surface area contributed by atoms with Gasteiger partial charge in [0, 0.05) is 18.8 Å². The van der Waals surface area contributed by atoms with Gasteiger partial charge in [0.15, 0.2) is 6.10 Å². The molecule has 2 aromatic carbocycles. The molecule has 1 saturated heterocycles. The third kappa shape index (κ3) is 5.29. The summed E-state index contributed by atoms with van der Waals surface area (Å²) in [5, 5.41) is 3.21. The van der Waals surface area contributed by atoms with E-state index in [1.54, 1.807) is 36.4 Å². The topological polar surface area (TPSA) is 75.7 Å². The minimum absolute atomic E-state index is 0.233. The van der Waals surface area contributed by atoms with Gasteiger partial charge in [-0.3, -0.25) is 4.79 Å². The number of benzene rings is 2. The predicted octanol–water partition coefficient (Wildman–Crippen LogP) is 4.31. The van der Waals surface area contributed by atoms with E-state index in [0.717, 1.165) is 19.3 Å². The van der Waals surface area contributed by atoms with Crippen LogP contribution in [0.25, 0.3) is 0 Å². The molecule has 1 fully saturated rings. The Hall–Kier alpha value is -2.09. The van der Waals surface area contributed by atoms with E-state index in [2.05, 4.69) is 5.32 Å². The Labute approximate surface area is 176 Å². The lowest BCUT2D eigenvalue weighted by molar-refractivity contribution is -0.122. The van der Waals surface area contributed by atoms with Crippen molar-refractivity contribution < 1.29 is 17.9 Å². The molecule has 6 nitrogen and oxygen atoms in total. The van der Waals surface area contributed by atoms with Crippen LogP contribution in [-0.4, -0.2) is 37.8 Å². The second kappa shape index (κ2) is 9.61. The van der Waals surface area contributed by atoms with Crippen LogP contribution >= 0.6 is 11.6 Å². The quantitative estimate of drug-likeness (QED) is 0.701. The van der Waals surface area contributed by atoms with Gasteiger partial charge in [0.2, 0.25) is 10.0 Å². The molecule has 1 aliphatic heterocycles. The summed E-state index contributed by atoms with van der Waals surface area (Å²) < 4.78 is 32.7. The Morgan fingerprint density at radius 3 is 2.38 bits per heavy atom. The SMILES string of the molecule is CC[C@H](Oc1ccccc1Cl)C(=O)Nc1ccc(S(=O)(=O)N2CCCCC2)cc1. The summed E-state index contributed by atoms with van der Waals surface area (Å²) >= 11 is 6.10. The Morgan fingerprint density at radius 1 is 1.10 bits per heavy atom. The molecule has 156 valence electrons. The molecule has 0 aromatic heterocycles. The van der Waals surface area contributed by atoms with Crippen molar-refractivity contribution in [3.63, 3.8) is 0 Å². The van der Waals surface area contributed by atoms with Crippen LogP contribution in [0.15, 0.2) is 53.4 Å². The van der Waals surface area contributed by atoms with Gasteiger partial charge in [0.05, 0.1) is 9.92 Å². The summed E-state index contributed by atoms with van der Waals surface area (Å²) in [7, 11) is -3.49. The van der Waals surface area contributed by atoms with E-state index in [-0.39, 0.29) is 10.8 Å². The molecule has 3 rings (SSSR count). The normalized spacial score (nSPS) is 16.2. The molecule has 0 unspecified atom stereocenters. The van der Waals surface area contributed by atoms with Crippen LogP contribution < -0.4 is 10.1 Å². The summed E-state index contributed by atoms with van der Waals surface area (Å²) in [5.74, 6) is 0.123. The van der Waals surface area contributed by atoms with Gasteiger partial charge in [-0.2, -0.15) is 4.31 Å². The van der Waals surface area contributed by atoms with E-state index in [4.69, 9.17) is 16.3 Å². The number of nitrogens with zero attached hydrogens (tertiary/aromatic N) is 1. The van der Waals surface area contributed by atoms with Crippen molar-refractivity contribution in [3.05, 3.63) is 53.6 Å². The van der Waals surface area contributed by atoms with Crippen LogP contribution in [0.2, 0.25) is 5.02 Å². The summed E-state index contributed by atoms with van der Waals surface area (Å²) in [5.41, 5.74) is 0.508. The van der Waals surface area contributed by atoms with Gasteiger partial charge in [0.25, 0.3) is 5.91 Å². The van der Waals surface area contributed by atoms with Crippen LogP contribution in [-0.2, 0) is 14.8 Å². The van der Waals surface area contributed by atoms with Gasteiger partial charge in [-0.15, -0.1) is 0 Å². The first kappa shape index (κ1) is 21.6. The second-order valence-corrected chi connectivity index (χ2v) is 9.27. The van der Waals surface area contributed by atoms with Gasteiger partial charge in [0.1, 0.15) is 5.75 Å². The van der Waals surface area contributed by atoms with Crippen LogP contribution in [0.1, 0.15) is 32.6 Å². The molecule has 2 aromatic rings. The minimum atomic E-state index is -3.49. The number of hydrogen-bond acceptors (Lipinski definition) is 4. The molecule has 0 bridgehead atoms. The maximum absolute atomic E-state index is 12.7.